The number of hydrazine groups is 1. The van der Waals surface area contributed by atoms with Crippen LogP contribution in [0.4, 0.5) is 11.4 Å². The molecule has 5 rings (SSSR count). The van der Waals surface area contributed by atoms with Gasteiger partial charge in [-0.05, 0) is 43.4 Å². The summed E-state index contributed by atoms with van der Waals surface area (Å²) in [7, 11) is 2.08. The molecular weight excluding hydrogens is 416 g/mol. The highest BCUT2D eigenvalue weighted by Crippen LogP contribution is 2.28. The molecule has 168 valence electrons. The number of hydrogen-bond acceptors (Lipinski definition) is 7. The lowest BCUT2D eigenvalue weighted by Crippen LogP contribution is -2.47. The first kappa shape index (κ1) is 20.9. The van der Waals surface area contributed by atoms with Gasteiger partial charge in [-0.1, -0.05) is 18.2 Å². The van der Waals surface area contributed by atoms with Crippen molar-refractivity contribution in [3.63, 3.8) is 0 Å². The van der Waals surface area contributed by atoms with E-state index < -0.39 is 0 Å². The summed E-state index contributed by atoms with van der Waals surface area (Å²) in [6.07, 6.45) is 1.77. The smallest absolute Gasteiger partial charge is 0.253 e. The Labute approximate surface area is 191 Å². The zero-order valence-corrected chi connectivity index (χ0v) is 18.4. The third kappa shape index (κ3) is 3.99. The minimum atomic E-state index is 0.0722. The van der Waals surface area contributed by atoms with E-state index in [2.05, 4.69) is 22.4 Å². The van der Waals surface area contributed by atoms with Crippen LogP contribution in [0.3, 0.4) is 0 Å². The largest absolute Gasteiger partial charge is 0.397 e. The van der Waals surface area contributed by atoms with Crippen molar-refractivity contribution >= 4 is 22.9 Å². The molecule has 0 radical (unpaired) electrons. The quantitative estimate of drug-likeness (QED) is 0.252. The number of rotatable bonds is 4. The number of aromatic nitrogens is 3. The summed E-state index contributed by atoms with van der Waals surface area (Å²) in [6.45, 7) is 3.31. The molecule has 1 saturated heterocycles. The number of amides is 1. The third-order valence-electron chi connectivity index (χ3n) is 6.08. The van der Waals surface area contributed by atoms with E-state index in [0.29, 0.717) is 16.9 Å². The first-order chi connectivity index (χ1) is 16.0. The van der Waals surface area contributed by atoms with Crippen LogP contribution >= 0.6 is 0 Å². The lowest BCUT2D eigenvalue weighted by molar-refractivity contribution is 0.0664. The molecule has 0 atom stereocenters. The predicted octanol–water partition coefficient (Wildman–Crippen LogP) is 2.32. The summed E-state index contributed by atoms with van der Waals surface area (Å²) in [4.78, 5) is 21.4. The zero-order chi connectivity index (χ0) is 22.9. The van der Waals surface area contributed by atoms with Crippen molar-refractivity contribution in [3.8, 4) is 22.5 Å². The number of imidazole rings is 1. The average Bonchev–Trinajstić information content (AvgIpc) is 3.27. The van der Waals surface area contributed by atoms with Crippen molar-refractivity contribution in [3.05, 3.63) is 66.4 Å². The molecule has 1 amide bonds. The second-order valence-electron chi connectivity index (χ2n) is 8.25. The Kier molecular flexibility index (Phi) is 5.41. The second kappa shape index (κ2) is 8.53. The topological polar surface area (TPSA) is 118 Å². The SMILES string of the molecule is CN1CCN(C(=O)c2ccc(-c3ccc4ncc(-c5ccc(NN)c(N)c5)n4n3)cc2)CC1. The maximum atomic E-state index is 12.8. The molecule has 9 nitrogen and oxygen atoms in total. The Balaban J connectivity index is 1.43. The fourth-order valence-electron chi connectivity index (χ4n) is 4.05. The number of likely N-dealkylation sites (N-methyl/N-ethyl adjacent to an activating group) is 1. The van der Waals surface area contributed by atoms with Crippen LogP contribution < -0.4 is 17.0 Å². The molecule has 33 heavy (non-hydrogen) atoms. The number of benzene rings is 2. The summed E-state index contributed by atoms with van der Waals surface area (Å²) in [6, 6.07) is 17.1. The van der Waals surface area contributed by atoms with Crippen LogP contribution in [0.1, 0.15) is 10.4 Å². The molecule has 1 fully saturated rings. The summed E-state index contributed by atoms with van der Waals surface area (Å²) in [5.74, 6) is 5.56. The second-order valence-corrected chi connectivity index (χ2v) is 8.25. The van der Waals surface area contributed by atoms with Crippen LogP contribution in [0, 0.1) is 0 Å². The Bertz CT molecular complexity index is 1310. The maximum absolute atomic E-state index is 12.8. The molecule has 0 saturated carbocycles. The van der Waals surface area contributed by atoms with Crippen LogP contribution in [0.5, 0.6) is 0 Å². The molecule has 1 aliphatic rings. The lowest BCUT2D eigenvalue weighted by Gasteiger charge is -2.32. The predicted molar refractivity (Wildman–Crippen MR) is 129 cm³/mol. The maximum Gasteiger partial charge on any atom is 0.253 e. The van der Waals surface area contributed by atoms with Gasteiger partial charge in [0.15, 0.2) is 5.65 Å². The molecule has 0 aliphatic carbocycles. The fraction of sp³-hybridized carbons (Fsp3) is 0.208. The minimum Gasteiger partial charge on any atom is -0.397 e. The van der Waals surface area contributed by atoms with Crippen molar-refractivity contribution in [1.82, 2.24) is 24.4 Å². The van der Waals surface area contributed by atoms with Gasteiger partial charge in [0.05, 0.1) is 29.0 Å². The van der Waals surface area contributed by atoms with Crippen molar-refractivity contribution in [2.75, 3.05) is 44.4 Å². The van der Waals surface area contributed by atoms with E-state index in [1.54, 1.807) is 10.7 Å². The van der Waals surface area contributed by atoms with Gasteiger partial charge in [0.25, 0.3) is 5.91 Å². The number of nitrogens with two attached hydrogens (primary N) is 2. The number of piperazine rings is 1. The number of nitrogens with zero attached hydrogens (tertiary/aromatic N) is 5. The number of nitrogen functional groups attached to an aromatic ring is 2. The molecule has 0 bridgehead atoms. The van der Waals surface area contributed by atoms with Crippen molar-refractivity contribution in [1.29, 1.82) is 0 Å². The Hall–Kier alpha value is -3.95. The summed E-state index contributed by atoms with van der Waals surface area (Å²) < 4.78 is 1.79. The Morgan fingerprint density at radius 1 is 0.970 bits per heavy atom. The van der Waals surface area contributed by atoms with Crippen LogP contribution in [-0.4, -0.2) is 63.5 Å². The van der Waals surface area contributed by atoms with E-state index in [9.17, 15) is 4.79 Å². The molecule has 0 unspecified atom stereocenters. The van der Waals surface area contributed by atoms with Crippen LogP contribution in [0.25, 0.3) is 28.2 Å². The van der Waals surface area contributed by atoms with Gasteiger partial charge >= 0.3 is 0 Å². The number of anilines is 2. The average molecular weight is 443 g/mol. The van der Waals surface area contributed by atoms with Gasteiger partial charge in [-0.15, -0.1) is 0 Å². The van der Waals surface area contributed by atoms with Crippen LogP contribution in [0.2, 0.25) is 0 Å². The lowest BCUT2D eigenvalue weighted by atomic mass is 10.1. The van der Waals surface area contributed by atoms with Crippen molar-refractivity contribution in [2.24, 2.45) is 5.84 Å². The molecular formula is C24H26N8O. The highest BCUT2D eigenvalue weighted by atomic mass is 16.2. The first-order valence-electron chi connectivity index (χ1n) is 10.8. The van der Waals surface area contributed by atoms with E-state index in [-0.39, 0.29) is 5.91 Å². The van der Waals surface area contributed by atoms with E-state index in [1.165, 1.54) is 0 Å². The van der Waals surface area contributed by atoms with Gasteiger partial charge < -0.3 is 21.0 Å². The summed E-state index contributed by atoms with van der Waals surface area (Å²) in [5.41, 5.74) is 14.7. The van der Waals surface area contributed by atoms with E-state index in [4.69, 9.17) is 16.7 Å². The molecule has 1 aliphatic heterocycles. The van der Waals surface area contributed by atoms with Crippen molar-refractivity contribution in [2.45, 2.75) is 0 Å². The normalized spacial score (nSPS) is 14.5. The molecule has 4 aromatic rings. The van der Waals surface area contributed by atoms with Crippen LogP contribution in [-0.2, 0) is 0 Å². The van der Waals surface area contributed by atoms with Crippen LogP contribution in [0.15, 0.2) is 60.8 Å². The molecule has 5 N–H and O–H groups in total. The number of nitrogens with one attached hydrogen (secondary N) is 1. The minimum absolute atomic E-state index is 0.0722. The van der Waals surface area contributed by atoms with Gasteiger partial charge in [0, 0.05) is 42.9 Å². The molecule has 0 spiro atoms. The van der Waals surface area contributed by atoms with Gasteiger partial charge in [-0.3, -0.25) is 10.6 Å². The van der Waals surface area contributed by atoms with E-state index in [1.807, 2.05) is 59.5 Å². The standard InChI is InChI=1S/C24H26N8O/c1-30-10-12-31(13-11-30)24(33)17-4-2-16(3-5-17)20-8-9-23-27-15-22(32(23)29-20)18-6-7-21(28-26)19(25)14-18/h2-9,14-15,28H,10-13,25-26H2,1H3. The highest BCUT2D eigenvalue weighted by molar-refractivity contribution is 5.94. The first-order valence-corrected chi connectivity index (χ1v) is 10.8. The summed E-state index contributed by atoms with van der Waals surface area (Å²) in [5, 5.41) is 4.80. The summed E-state index contributed by atoms with van der Waals surface area (Å²) >= 11 is 0. The number of carbonyl (C=O) groups is 1. The molecule has 2 aromatic carbocycles. The zero-order valence-electron chi connectivity index (χ0n) is 18.4. The van der Waals surface area contributed by atoms with Gasteiger partial charge in [0.1, 0.15) is 0 Å². The van der Waals surface area contributed by atoms with E-state index >= 15 is 0 Å². The number of hydrogen-bond donors (Lipinski definition) is 3. The van der Waals surface area contributed by atoms with E-state index in [0.717, 1.165) is 54.3 Å². The molecule has 2 aromatic heterocycles. The number of carbonyl (C=O) groups excluding carboxylic acids is 1. The Morgan fingerprint density at radius 3 is 2.39 bits per heavy atom. The van der Waals surface area contributed by atoms with Gasteiger partial charge in [0.2, 0.25) is 0 Å². The third-order valence-corrected chi connectivity index (χ3v) is 6.08. The molecule has 3 heterocycles. The van der Waals surface area contributed by atoms with Gasteiger partial charge in [-0.25, -0.2) is 9.50 Å². The highest BCUT2D eigenvalue weighted by Gasteiger charge is 2.20. The molecule has 9 heteroatoms. The Morgan fingerprint density at radius 2 is 1.70 bits per heavy atom. The van der Waals surface area contributed by atoms with Crippen molar-refractivity contribution < 1.29 is 4.79 Å². The fourth-order valence-corrected chi connectivity index (χ4v) is 4.05. The van der Waals surface area contributed by atoms with Gasteiger partial charge in [-0.2, -0.15) is 5.10 Å². The monoisotopic (exact) mass is 442 g/mol. The number of fused-ring (bicyclic) bond motifs is 1.